The number of halogens is 6. The molecule has 1 heterocycles. The van der Waals surface area contributed by atoms with Crippen LogP contribution in [0.2, 0.25) is 5.02 Å². The zero-order chi connectivity index (χ0) is 28.7. The zero-order valence-corrected chi connectivity index (χ0v) is 20.9. The summed E-state index contributed by atoms with van der Waals surface area (Å²) in [5, 5.41) is 1.15. The average Bonchev–Trinajstić information content (AvgIpc) is 2.88. The second-order valence-corrected chi connectivity index (χ2v) is 10.1. The van der Waals surface area contributed by atoms with Crippen LogP contribution in [-0.4, -0.2) is 42.7 Å². The second kappa shape index (κ2) is 10.2. The van der Waals surface area contributed by atoms with Crippen LogP contribution in [-0.2, 0) is 9.84 Å². The van der Waals surface area contributed by atoms with Gasteiger partial charge < -0.3 is 10.1 Å². The largest absolute Gasteiger partial charge is 0.501 e. The highest BCUT2D eigenvalue weighted by Crippen LogP contribution is 2.35. The number of anilines is 1. The summed E-state index contributed by atoms with van der Waals surface area (Å²) < 4.78 is 96.5. The van der Waals surface area contributed by atoms with Crippen molar-refractivity contribution in [2.24, 2.45) is 0 Å². The third kappa shape index (κ3) is 5.25. The third-order valence-electron chi connectivity index (χ3n) is 5.35. The Hall–Kier alpha value is -4.17. The Balaban J connectivity index is 1.65. The predicted molar refractivity (Wildman–Crippen MR) is 129 cm³/mol. The van der Waals surface area contributed by atoms with Crippen molar-refractivity contribution < 1.29 is 44.7 Å². The molecule has 4 aromatic rings. The summed E-state index contributed by atoms with van der Waals surface area (Å²) in [6, 6.07) is 7.29. The molecule has 0 aliphatic heterocycles. The summed E-state index contributed by atoms with van der Waals surface area (Å²) in [7, 11) is -4.45. The number of hydrogen-bond donors (Lipinski definition) is 1. The summed E-state index contributed by atoms with van der Waals surface area (Å²) in [4.78, 5) is 32.5. The van der Waals surface area contributed by atoms with Crippen molar-refractivity contribution in [1.82, 2.24) is 9.97 Å². The quantitative estimate of drug-likeness (QED) is 0.240. The van der Waals surface area contributed by atoms with Gasteiger partial charge in [0, 0.05) is 11.1 Å². The Morgan fingerprint density at radius 3 is 2.31 bits per heavy atom. The third-order valence-corrected chi connectivity index (χ3v) is 7.32. The molecule has 4 rings (SSSR count). The standard InChI is InChI=1S/C24H13ClF5N3O5S/c1-38-19-10-31-15-5-2-11(9-17(15)32-19)22(34)20-14(26)4-6-16(21(20)27)33-23(35)12-3-7-18(13(25)8-12)39(36,37)24(28,29)30/h2-10H,1H3,(H,33,35). The number of methoxy groups -OCH3 is 1. The first-order chi connectivity index (χ1) is 18.2. The number of ketones is 1. The van der Waals surface area contributed by atoms with E-state index in [2.05, 4.69) is 15.3 Å². The van der Waals surface area contributed by atoms with Gasteiger partial charge in [-0.1, -0.05) is 11.6 Å². The van der Waals surface area contributed by atoms with Crippen molar-refractivity contribution in [3.63, 3.8) is 0 Å². The lowest BCUT2D eigenvalue weighted by Crippen LogP contribution is -2.24. The Morgan fingerprint density at radius 1 is 0.974 bits per heavy atom. The maximum absolute atomic E-state index is 15.3. The summed E-state index contributed by atoms with van der Waals surface area (Å²) >= 11 is 5.67. The van der Waals surface area contributed by atoms with Crippen molar-refractivity contribution in [2.75, 3.05) is 12.4 Å². The number of benzene rings is 3. The molecule has 0 unspecified atom stereocenters. The summed E-state index contributed by atoms with van der Waals surface area (Å²) in [6.45, 7) is 0. The van der Waals surface area contributed by atoms with Crippen molar-refractivity contribution in [2.45, 2.75) is 10.4 Å². The number of fused-ring (bicyclic) bond motifs is 1. The van der Waals surface area contributed by atoms with Gasteiger partial charge in [0.2, 0.25) is 5.88 Å². The first-order valence-electron chi connectivity index (χ1n) is 10.5. The molecule has 0 atom stereocenters. The molecule has 8 nitrogen and oxygen atoms in total. The van der Waals surface area contributed by atoms with Crippen LogP contribution in [0, 0.1) is 11.6 Å². The van der Waals surface area contributed by atoms with Gasteiger partial charge in [-0.15, -0.1) is 0 Å². The lowest BCUT2D eigenvalue weighted by Gasteiger charge is -2.13. The van der Waals surface area contributed by atoms with E-state index < -0.39 is 65.4 Å². The van der Waals surface area contributed by atoms with E-state index in [1.807, 2.05) is 0 Å². The van der Waals surface area contributed by atoms with Crippen LogP contribution in [0.15, 0.2) is 59.6 Å². The monoisotopic (exact) mass is 585 g/mol. The van der Waals surface area contributed by atoms with Gasteiger partial charge in [0.15, 0.2) is 11.6 Å². The summed E-state index contributed by atoms with van der Waals surface area (Å²) in [5.41, 5.74) is -7.30. The Bertz CT molecular complexity index is 1760. The minimum atomic E-state index is -5.80. The van der Waals surface area contributed by atoms with Gasteiger partial charge in [0.1, 0.15) is 5.82 Å². The number of ether oxygens (including phenoxy) is 1. The number of alkyl halides is 3. The zero-order valence-electron chi connectivity index (χ0n) is 19.3. The molecule has 1 amide bonds. The number of sulfone groups is 1. The van der Waals surface area contributed by atoms with E-state index in [4.69, 9.17) is 16.3 Å². The maximum atomic E-state index is 15.3. The van der Waals surface area contributed by atoms with Crippen molar-refractivity contribution >= 4 is 49.8 Å². The molecule has 0 bridgehead atoms. The minimum Gasteiger partial charge on any atom is -0.480 e. The molecule has 1 aromatic heterocycles. The molecular formula is C24H13ClF5N3O5S. The van der Waals surface area contributed by atoms with Crippen LogP contribution in [0.5, 0.6) is 5.88 Å². The van der Waals surface area contributed by atoms with Crippen LogP contribution in [0.3, 0.4) is 0 Å². The Kier molecular flexibility index (Phi) is 7.27. The minimum absolute atomic E-state index is 0.137. The van der Waals surface area contributed by atoms with E-state index in [0.717, 1.165) is 18.2 Å². The van der Waals surface area contributed by atoms with E-state index in [1.54, 1.807) is 0 Å². The molecule has 0 spiro atoms. The van der Waals surface area contributed by atoms with Gasteiger partial charge in [-0.2, -0.15) is 13.2 Å². The van der Waals surface area contributed by atoms with Crippen molar-refractivity contribution in [3.8, 4) is 5.88 Å². The first kappa shape index (κ1) is 27.9. The maximum Gasteiger partial charge on any atom is 0.501 e. The molecule has 0 saturated carbocycles. The molecule has 0 aliphatic carbocycles. The van der Waals surface area contributed by atoms with E-state index >= 15 is 4.39 Å². The summed E-state index contributed by atoms with van der Waals surface area (Å²) in [6.07, 6.45) is 1.34. The molecule has 15 heteroatoms. The molecule has 0 aliphatic rings. The number of carbonyl (C=O) groups is 2. The SMILES string of the molecule is COc1cnc2ccc(C(=O)c3c(F)ccc(NC(=O)c4ccc(S(=O)(=O)C(F)(F)F)c(Cl)c4)c3F)cc2n1. The number of aromatic nitrogens is 2. The number of carbonyl (C=O) groups excluding carboxylic acids is 2. The summed E-state index contributed by atoms with van der Waals surface area (Å²) in [5.74, 6) is -4.76. The van der Waals surface area contributed by atoms with E-state index in [0.29, 0.717) is 17.6 Å². The molecule has 0 saturated heterocycles. The van der Waals surface area contributed by atoms with Crippen LogP contribution in [0.4, 0.5) is 27.6 Å². The number of amides is 1. The van der Waals surface area contributed by atoms with Crippen LogP contribution in [0.1, 0.15) is 26.3 Å². The number of nitrogens with one attached hydrogen (secondary N) is 1. The van der Waals surface area contributed by atoms with Gasteiger partial charge in [0.05, 0.1) is 45.5 Å². The fourth-order valence-corrected chi connectivity index (χ4v) is 4.71. The van der Waals surface area contributed by atoms with Gasteiger partial charge in [-0.3, -0.25) is 9.59 Å². The second-order valence-electron chi connectivity index (χ2n) is 7.78. The number of hydrogen-bond acceptors (Lipinski definition) is 7. The molecule has 1 N–H and O–H groups in total. The number of nitrogens with zero attached hydrogens (tertiary/aromatic N) is 2. The molecular weight excluding hydrogens is 573 g/mol. The number of rotatable bonds is 6. The van der Waals surface area contributed by atoms with E-state index in [9.17, 15) is 35.6 Å². The Morgan fingerprint density at radius 2 is 1.67 bits per heavy atom. The lowest BCUT2D eigenvalue weighted by molar-refractivity contribution is -0.0436. The Labute approximate surface area is 221 Å². The molecule has 3 aromatic carbocycles. The topological polar surface area (TPSA) is 115 Å². The van der Waals surface area contributed by atoms with E-state index in [1.165, 1.54) is 31.5 Å². The van der Waals surface area contributed by atoms with Crippen molar-refractivity contribution in [1.29, 1.82) is 0 Å². The van der Waals surface area contributed by atoms with Crippen molar-refractivity contribution in [3.05, 3.63) is 88.1 Å². The first-order valence-corrected chi connectivity index (χ1v) is 12.4. The fraction of sp³-hybridized carbons (Fsp3) is 0.0833. The lowest BCUT2D eigenvalue weighted by atomic mass is 10.0. The van der Waals surface area contributed by atoms with Crippen LogP contribution >= 0.6 is 11.6 Å². The van der Waals surface area contributed by atoms with E-state index in [-0.39, 0.29) is 17.0 Å². The van der Waals surface area contributed by atoms with Gasteiger partial charge in [0.25, 0.3) is 15.7 Å². The normalized spacial score (nSPS) is 11.9. The smallest absolute Gasteiger partial charge is 0.480 e. The van der Waals surface area contributed by atoms with Gasteiger partial charge in [-0.05, 0) is 48.5 Å². The average molecular weight is 586 g/mol. The van der Waals surface area contributed by atoms with Crippen LogP contribution in [0.25, 0.3) is 11.0 Å². The predicted octanol–water partition coefficient (Wildman–Crippen LogP) is 5.35. The molecule has 39 heavy (non-hydrogen) atoms. The fourth-order valence-electron chi connectivity index (χ4n) is 3.41. The highest BCUT2D eigenvalue weighted by molar-refractivity contribution is 7.92. The highest BCUT2D eigenvalue weighted by atomic mass is 35.5. The molecule has 0 radical (unpaired) electrons. The van der Waals surface area contributed by atoms with Crippen LogP contribution < -0.4 is 10.1 Å². The highest BCUT2D eigenvalue weighted by Gasteiger charge is 2.48. The van der Waals surface area contributed by atoms with Gasteiger partial charge >= 0.3 is 5.51 Å². The molecule has 0 fully saturated rings. The molecule has 202 valence electrons. The van der Waals surface area contributed by atoms with Gasteiger partial charge in [-0.25, -0.2) is 27.2 Å².